The Morgan fingerprint density at radius 3 is 2.61 bits per heavy atom. The largest absolute Gasteiger partial charge is 0.496 e. The Morgan fingerprint density at radius 2 is 1.96 bits per heavy atom. The van der Waals surface area contributed by atoms with Gasteiger partial charge in [-0.25, -0.2) is 8.42 Å². The van der Waals surface area contributed by atoms with Crippen LogP contribution in [0.25, 0.3) is 0 Å². The van der Waals surface area contributed by atoms with Crippen LogP contribution in [-0.2, 0) is 14.8 Å². The van der Waals surface area contributed by atoms with Gasteiger partial charge in [-0.2, -0.15) is 4.31 Å². The highest BCUT2D eigenvalue weighted by atomic mass is 35.5. The Hall–Kier alpha value is -1.39. The Morgan fingerprint density at radius 1 is 1.25 bits per heavy atom. The number of likely N-dealkylation sites (tertiary alicyclic amines) is 1. The molecule has 1 amide bonds. The predicted molar refractivity (Wildman–Crippen MR) is 108 cm³/mol. The van der Waals surface area contributed by atoms with Gasteiger partial charge in [0.15, 0.2) is 0 Å². The number of carbonyl (C=O) groups is 1. The molecule has 0 radical (unpaired) electrons. The van der Waals surface area contributed by atoms with Crippen molar-refractivity contribution in [1.82, 2.24) is 14.5 Å². The molecule has 10 heteroatoms. The zero-order chi connectivity index (χ0) is 19.4. The average molecular weight is 434 g/mol. The highest BCUT2D eigenvalue weighted by Crippen LogP contribution is 2.27. The Bertz CT molecular complexity index is 783. The standard InChI is InChI=1S/C18H27N3O5S.ClH/c1-19-14-4-3-7-20(13-14)18(22)16-12-15(5-6-17(16)25-2)27(23,24)21-8-10-26-11-9-21;/h5-6,12,14,19H,3-4,7-11,13H2,1-2H3;1H. The van der Waals surface area contributed by atoms with E-state index in [4.69, 9.17) is 9.47 Å². The summed E-state index contributed by atoms with van der Waals surface area (Å²) in [5.41, 5.74) is 0.281. The van der Waals surface area contributed by atoms with E-state index in [1.807, 2.05) is 7.05 Å². The third kappa shape index (κ3) is 4.77. The smallest absolute Gasteiger partial charge is 0.257 e. The zero-order valence-electron chi connectivity index (χ0n) is 16.2. The number of nitrogens with one attached hydrogen (secondary N) is 1. The van der Waals surface area contributed by atoms with Crippen LogP contribution in [0.2, 0.25) is 0 Å². The highest BCUT2D eigenvalue weighted by Gasteiger charge is 2.30. The molecule has 2 saturated heterocycles. The number of halogens is 1. The first-order chi connectivity index (χ1) is 13.0. The summed E-state index contributed by atoms with van der Waals surface area (Å²) in [5, 5.41) is 3.21. The van der Waals surface area contributed by atoms with Crippen molar-refractivity contribution in [2.45, 2.75) is 23.8 Å². The van der Waals surface area contributed by atoms with Crippen molar-refractivity contribution in [2.24, 2.45) is 0 Å². The molecule has 0 saturated carbocycles. The van der Waals surface area contributed by atoms with E-state index in [2.05, 4.69) is 5.32 Å². The Labute approximate surface area is 172 Å². The number of hydrogen-bond donors (Lipinski definition) is 1. The number of piperidine rings is 1. The zero-order valence-corrected chi connectivity index (χ0v) is 17.9. The summed E-state index contributed by atoms with van der Waals surface area (Å²) in [6.07, 6.45) is 1.92. The van der Waals surface area contributed by atoms with Crippen molar-refractivity contribution in [3.63, 3.8) is 0 Å². The molecule has 0 aliphatic carbocycles. The lowest BCUT2D eigenvalue weighted by molar-refractivity contribution is 0.0694. The van der Waals surface area contributed by atoms with Crippen LogP contribution in [0.3, 0.4) is 0 Å². The molecule has 0 bridgehead atoms. The van der Waals surface area contributed by atoms with Gasteiger partial charge in [0.25, 0.3) is 5.91 Å². The summed E-state index contributed by atoms with van der Waals surface area (Å²) in [6.45, 7) is 2.63. The molecule has 3 rings (SSSR count). The molecule has 2 aliphatic rings. The minimum atomic E-state index is -3.67. The Kier molecular flexibility index (Phi) is 8.08. The summed E-state index contributed by atoms with van der Waals surface area (Å²) in [4.78, 5) is 15.0. The molecule has 0 spiro atoms. The number of ether oxygens (including phenoxy) is 2. The second-order valence-corrected chi connectivity index (χ2v) is 8.70. The van der Waals surface area contributed by atoms with Crippen molar-refractivity contribution in [3.8, 4) is 5.75 Å². The van der Waals surface area contributed by atoms with E-state index in [0.717, 1.165) is 12.8 Å². The minimum Gasteiger partial charge on any atom is -0.496 e. The molecule has 1 aromatic rings. The van der Waals surface area contributed by atoms with E-state index in [9.17, 15) is 13.2 Å². The first-order valence-electron chi connectivity index (χ1n) is 9.20. The maximum Gasteiger partial charge on any atom is 0.257 e. The topological polar surface area (TPSA) is 88.2 Å². The predicted octanol–water partition coefficient (Wildman–Crippen LogP) is 0.962. The highest BCUT2D eigenvalue weighted by molar-refractivity contribution is 7.89. The molecule has 0 aromatic heterocycles. The minimum absolute atomic E-state index is 0. The lowest BCUT2D eigenvalue weighted by Crippen LogP contribution is -2.47. The summed E-state index contributed by atoms with van der Waals surface area (Å²) in [7, 11) is -0.310. The van der Waals surface area contributed by atoms with Crippen molar-refractivity contribution in [3.05, 3.63) is 23.8 Å². The fourth-order valence-electron chi connectivity index (χ4n) is 3.52. The number of methoxy groups -OCH3 is 1. The van der Waals surface area contributed by atoms with E-state index in [0.29, 0.717) is 45.1 Å². The summed E-state index contributed by atoms with van der Waals surface area (Å²) in [6, 6.07) is 4.73. The van der Waals surface area contributed by atoms with Crippen LogP contribution >= 0.6 is 12.4 Å². The van der Waals surface area contributed by atoms with Crippen LogP contribution in [0.4, 0.5) is 0 Å². The number of rotatable bonds is 5. The number of likely N-dealkylation sites (N-methyl/N-ethyl adjacent to an activating group) is 1. The number of carbonyl (C=O) groups excluding carboxylic acids is 1. The molecule has 28 heavy (non-hydrogen) atoms. The van der Waals surface area contributed by atoms with Crippen LogP contribution in [0.15, 0.2) is 23.1 Å². The fraction of sp³-hybridized carbons (Fsp3) is 0.611. The van der Waals surface area contributed by atoms with Gasteiger partial charge in [0.1, 0.15) is 5.75 Å². The number of sulfonamides is 1. The van der Waals surface area contributed by atoms with Crippen molar-refractivity contribution in [2.75, 3.05) is 53.6 Å². The number of hydrogen-bond acceptors (Lipinski definition) is 6. The average Bonchev–Trinajstić information content (AvgIpc) is 2.73. The first kappa shape index (κ1) is 22.9. The van der Waals surface area contributed by atoms with Crippen molar-refractivity contribution < 1.29 is 22.7 Å². The summed E-state index contributed by atoms with van der Waals surface area (Å²) >= 11 is 0. The Balaban J connectivity index is 0.00000280. The van der Waals surface area contributed by atoms with Gasteiger partial charge in [0, 0.05) is 32.2 Å². The van der Waals surface area contributed by atoms with E-state index >= 15 is 0 Å². The summed E-state index contributed by atoms with van der Waals surface area (Å²) < 4.78 is 37.8. The lowest BCUT2D eigenvalue weighted by Gasteiger charge is -2.33. The van der Waals surface area contributed by atoms with Crippen molar-refractivity contribution >= 4 is 28.3 Å². The molecule has 1 unspecified atom stereocenters. The molecule has 1 N–H and O–H groups in total. The van der Waals surface area contributed by atoms with E-state index in [-0.39, 0.29) is 34.8 Å². The molecule has 1 aromatic carbocycles. The van der Waals surface area contributed by atoms with Crippen LogP contribution in [0, 0.1) is 0 Å². The normalized spacial score (nSPS) is 21.1. The quantitative estimate of drug-likeness (QED) is 0.744. The maximum atomic E-state index is 13.1. The number of benzene rings is 1. The van der Waals surface area contributed by atoms with Crippen LogP contribution < -0.4 is 10.1 Å². The lowest BCUT2D eigenvalue weighted by atomic mass is 10.0. The van der Waals surface area contributed by atoms with Gasteiger partial charge in [-0.1, -0.05) is 0 Å². The van der Waals surface area contributed by atoms with E-state index in [1.54, 1.807) is 11.0 Å². The van der Waals surface area contributed by atoms with Gasteiger partial charge >= 0.3 is 0 Å². The number of morpholine rings is 1. The van der Waals surface area contributed by atoms with Gasteiger partial charge in [0.05, 0.1) is 30.8 Å². The SMILES string of the molecule is CNC1CCCN(C(=O)c2cc(S(=O)(=O)N3CCOCC3)ccc2OC)C1.Cl. The van der Waals surface area contributed by atoms with Crippen LogP contribution in [0.1, 0.15) is 23.2 Å². The third-order valence-electron chi connectivity index (χ3n) is 5.13. The van der Waals surface area contributed by atoms with Gasteiger partial charge in [-0.15, -0.1) is 12.4 Å². The van der Waals surface area contributed by atoms with E-state index < -0.39 is 10.0 Å². The maximum absolute atomic E-state index is 13.1. The van der Waals surface area contributed by atoms with Gasteiger partial charge in [-0.05, 0) is 38.1 Å². The summed E-state index contributed by atoms with van der Waals surface area (Å²) in [5.74, 6) is 0.179. The molecule has 158 valence electrons. The molecule has 1 atom stereocenters. The second-order valence-electron chi connectivity index (χ2n) is 6.76. The fourth-order valence-corrected chi connectivity index (χ4v) is 4.95. The molecular formula is C18H28ClN3O5S. The second kappa shape index (κ2) is 9.89. The molecule has 2 aliphatic heterocycles. The van der Waals surface area contributed by atoms with Gasteiger partial charge in [0.2, 0.25) is 10.0 Å². The monoisotopic (exact) mass is 433 g/mol. The first-order valence-corrected chi connectivity index (χ1v) is 10.6. The molecule has 2 heterocycles. The van der Waals surface area contributed by atoms with Crippen molar-refractivity contribution in [1.29, 1.82) is 0 Å². The third-order valence-corrected chi connectivity index (χ3v) is 7.02. The molecule has 2 fully saturated rings. The molecule has 8 nitrogen and oxygen atoms in total. The van der Waals surface area contributed by atoms with Gasteiger partial charge in [-0.3, -0.25) is 4.79 Å². The van der Waals surface area contributed by atoms with Crippen LogP contribution in [-0.4, -0.2) is 83.1 Å². The molecular weight excluding hydrogens is 406 g/mol. The van der Waals surface area contributed by atoms with E-state index in [1.165, 1.54) is 23.5 Å². The number of nitrogens with zero attached hydrogens (tertiary/aromatic N) is 2. The number of amides is 1. The van der Waals surface area contributed by atoms with Crippen LogP contribution in [0.5, 0.6) is 5.75 Å². The van der Waals surface area contributed by atoms with Gasteiger partial charge < -0.3 is 19.7 Å².